The van der Waals surface area contributed by atoms with E-state index in [-0.39, 0.29) is 17.4 Å². The fourth-order valence-electron chi connectivity index (χ4n) is 4.34. The highest BCUT2D eigenvalue weighted by Gasteiger charge is 2.68. The Balaban J connectivity index is 1.90. The Morgan fingerprint density at radius 3 is 3.33 bits per heavy atom. The third-order valence-corrected chi connectivity index (χ3v) is 4.90. The third kappa shape index (κ3) is 0.739. The van der Waals surface area contributed by atoms with Crippen LogP contribution in [0.5, 0.6) is 0 Å². The van der Waals surface area contributed by atoms with Gasteiger partial charge in [-0.05, 0) is 19.3 Å². The van der Waals surface area contributed by atoms with E-state index in [4.69, 9.17) is 4.74 Å². The molecular weight excluding hydrogens is 190 g/mol. The van der Waals surface area contributed by atoms with E-state index in [1.54, 1.807) is 0 Å². The van der Waals surface area contributed by atoms with Gasteiger partial charge in [-0.1, -0.05) is 12.2 Å². The fraction of sp³-hybridized carbons (Fsp3) is 0.750. The number of carbonyl (C=O) groups is 1. The number of allylic oxidation sites excluding steroid dienone is 1. The van der Waals surface area contributed by atoms with E-state index < -0.39 is 0 Å². The van der Waals surface area contributed by atoms with Crippen molar-refractivity contribution in [3.8, 4) is 0 Å². The van der Waals surface area contributed by atoms with E-state index in [1.165, 1.54) is 0 Å². The zero-order chi connectivity index (χ0) is 10.0. The predicted octanol–water partition coefficient (Wildman–Crippen LogP) is 0.856. The maximum Gasteiger partial charge on any atom is 0.229 e. The molecule has 0 aromatic rings. The number of hydrogen-bond acceptors (Lipinski definition) is 2. The topological polar surface area (TPSA) is 38.3 Å². The molecule has 1 spiro atoms. The van der Waals surface area contributed by atoms with Crippen LogP contribution in [-0.4, -0.2) is 24.7 Å². The van der Waals surface area contributed by atoms with Crippen molar-refractivity contribution in [2.45, 2.75) is 31.5 Å². The van der Waals surface area contributed by atoms with Crippen LogP contribution in [-0.2, 0) is 9.53 Å². The molecule has 1 aliphatic carbocycles. The molecule has 3 fully saturated rings. The minimum atomic E-state index is -0.183. The fourth-order valence-corrected chi connectivity index (χ4v) is 4.34. The van der Waals surface area contributed by atoms with Crippen LogP contribution >= 0.6 is 0 Å². The van der Waals surface area contributed by atoms with Crippen molar-refractivity contribution in [3.63, 3.8) is 0 Å². The van der Waals surface area contributed by atoms with Gasteiger partial charge in [-0.25, -0.2) is 0 Å². The predicted molar refractivity (Wildman–Crippen MR) is 54.1 cm³/mol. The molecule has 4 aliphatic rings. The van der Waals surface area contributed by atoms with Crippen LogP contribution in [0.25, 0.3) is 0 Å². The molecule has 2 bridgehead atoms. The van der Waals surface area contributed by atoms with E-state index in [2.05, 4.69) is 17.5 Å². The average Bonchev–Trinajstić information content (AvgIpc) is 2.91. The molecule has 3 heteroatoms. The molecule has 3 heterocycles. The van der Waals surface area contributed by atoms with Gasteiger partial charge in [0.15, 0.2) is 0 Å². The zero-order valence-corrected chi connectivity index (χ0v) is 8.61. The van der Waals surface area contributed by atoms with Gasteiger partial charge in [-0.3, -0.25) is 4.79 Å². The van der Waals surface area contributed by atoms with Gasteiger partial charge >= 0.3 is 0 Å². The Kier molecular flexibility index (Phi) is 1.37. The van der Waals surface area contributed by atoms with Gasteiger partial charge in [0.25, 0.3) is 0 Å². The van der Waals surface area contributed by atoms with E-state index in [1.807, 2.05) is 0 Å². The summed E-state index contributed by atoms with van der Waals surface area (Å²) in [5, 5.41) is 3.04. The van der Waals surface area contributed by atoms with Gasteiger partial charge in [-0.15, -0.1) is 0 Å². The van der Waals surface area contributed by atoms with Crippen molar-refractivity contribution in [3.05, 3.63) is 12.2 Å². The van der Waals surface area contributed by atoms with Crippen LogP contribution in [0, 0.1) is 17.3 Å². The first-order valence-corrected chi connectivity index (χ1v) is 5.94. The van der Waals surface area contributed by atoms with Crippen molar-refractivity contribution in [1.29, 1.82) is 0 Å². The van der Waals surface area contributed by atoms with Crippen LogP contribution in [0.15, 0.2) is 12.2 Å². The molecule has 15 heavy (non-hydrogen) atoms. The van der Waals surface area contributed by atoms with Crippen LogP contribution in [0.4, 0.5) is 0 Å². The number of nitrogens with one attached hydrogen (secondary N) is 1. The first-order valence-electron chi connectivity index (χ1n) is 5.94. The van der Waals surface area contributed by atoms with Gasteiger partial charge in [0.05, 0.1) is 17.6 Å². The lowest BCUT2D eigenvalue weighted by Crippen LogP contribution is -2.50. The summed E-state index contributed by atoms with van der Waals surface area (Å²) >= 11 is 0. The second-order valence-electron chi connectivity index (χ2n) is 5.26. The van der Waals surface area contributed by atoms with Gasteiger partial charge in [0.2, 0.25) is 5.91 Å². The average molecular weight is 205 g/mol. The highest BCUT2D eigenvalue weighted by molar-refractivity contribution is 5.87. The molecule has 0 radical (unpaired) electrons. The molecule has 80 valence electrons. The lowest BCUT2D eigenvalue weighted by molar-refractivity contribution is -0.134. The zero-order valence-electron chi connectivity index (χ0n) is 8.61. The van der Waals surface area contributed by atoms with Crippen molar-refractivity contribution in [2.24, 2.45) is 17.3 Å². The lowest BCUT2D eigenvalue weighted by Gasteiger charge is -2.41. The Morgan fingerprint density at radius 2 is 2.40 bits per heavy atom. The smallest absolute Gasteiger partial charge is 0.229 e. The highest BCUT2D eigenvalue weighted by Crippen LogP contribution is 2.60. The standard InChI is InChI=1S/C12H15NO2/c14-11-12-7(6-13-11)2-1-3-8(12)9-4-5-10(12)15-9/h1-2,7-10H,3-6H2,(H,13,14). The molecule has 0 aromatic carbocycles. The summed E-state index contributed by atoms with van der Waals surface area (Å²) in [5.74, 6) is 1.10. The minimum Gasteiger partial charge on any atom is -0.373 e. The third-order valence-electron chi connectivity index (χ3n) is 4.90. The molecule has 4 rings (SSSR count). The summed E-state index contributed by atoms with van der Waals surface area (Å²) < 4.78 is 5.99. The Labute approximate surface area is 88.9 Å². The summed E-state index contributed by atoms with van der Waals surface area (Å²) in [6.45, 7) is 0.818. The van der Waals surface area contributed by atoms with Crippen LogP contribution in [0.1, 0.15) is 19.3 Å². The van der Waals surface area contributed by atoms with E-state index in [0.29, 0.717) is 17.9 Å². The molecule has 3 aliphatic heterocycles. The van der Waals surface area contributed by atoms with Crippen LogP contribution < -0.4 is 5.32 Å². The quantitative estimate of drug-likeness (QED) is 0.595. The molecule has 1 amide bonds. The molecule has 0 saturated carbocycles. The summed E-state index contributed by atoms with van der Waals surface area (Å²) in [5.41, 5.74) is -0.183. The summed E-state index contributed by atoms with van der Waals surface area (Å²) in [6, 6.07) is 0. The number of rotatable bonds is 0. The highest BCUT2D eigenvalue weighted by atomic mass is 16.5. The molecule has 5 unspecified atom stereocenters. The number of amides is 1. The second-order valence-corrected chi connectivity index (χ2v) is 5.26. The van der Waals surface area contributed by atoms with Crippen LogP contribution in [0.2, 0.25) is 0 Å². The molecule has 0 aromatic heterocycles. The molecule has 1 N–H and O–H groups in total. The maximum absolute atomic E-state index is 12.2. The van der Waals surface area contributed by atoms with Crippen molar-refractivity contribution < 1.29 is 9.53 Å². The van der Waals surface area contributed by atoms with Crippen LogP contribution in [0.3, 0.4) is 0 Å². The summed E-state index contributed by atoms with van der Waals surface area (Å²) in [7, 11) is 0. The first-order chi connectivity index (χ1) is 7.33. The van der Waals surface area contributed by atoms with Crippen molar-refractivity contribution >= 4 is 5.91 Å². The normalized spacial score (nSPS) is 55.3. The SMILES string of the molecule is O=C1NCC2C=CCC3C4CCC(O4)C123. The number of ether oxygens (including phenoxy) is 1. The summed E-state index contributed by atoms with van der Waals surface area (Å²) in [6.07, 6.45) is 8.31. The molecular formula is C12H15NO2. The van der Waals surface area contributed by atoms with E-state index >= 15 is 0 Å². The number of fused-ring (bicyclic) bond motifs is 3. The summed E-state index contributed by atoms with van der Waals surface area (Å²) in [4.78, 5) is 12.2. The maximum atomic E-state index is 12.2. The number of carbonyl (C=O) groups excluding carboxylic acids is 1. The lowest BCUT2D eigenvalue weighted by atomic mass is 9.57. The molecule has 3 saturated heterocycles. The van der Waals surface area contributed by atoms with Crippen molar-refractivity contribution in [2.75, 3.05) is 6.54 Å². The van der Waals surface area contributed by atoms with E-state index in [0.717, 1.165) is 25.8 Å². The Morgan fingerprint density at radius 1 is 1.47 bits per heavy atom. The minimum absolute atomic E-state index is 0.183. The van der Waals surface area contributed by atoms with Crippen molar-refractivity contribution in [1.82, 2.24) is 5.32 Å². The Hall–Kier alpha value is -0.830. The Bertz CT molecular complexity index is 365. The molecule has 5 atom stereocenters. The largest absolute Gasteiger partial charge is 0.373 e. The first kappa shape index (κ1) is 8.34. The molecule has 3 nitrogen and oxygen atoms in total. The van der Waals surface area contributed by atoms with Gasteiger partial charge in [-0.2, -0.15) is 0 Å². The van der Waals surface area contributed by atoms with Gasteiger partial charge in [0, 0.05) is 18.4 Å². The van der Waals surface area contributed by atoms with Gasteiger partial charge < -0.3 is 10.1 Å². The van der Waals surface area contributed by atoms with Gasteiger partial charge in [0.1, 0.15) is 0 Å². The monoisotopic (exact) mass is 205 g/mol. The second kappa shape index (κ2) is 2.46. The van der Waals surface area contributed by atoms with E-state index in [9.17, 15) is 4.79 Å². The number of hydrogen-bond donors (Lipinski definition) is 1.